The fraction of sp³-hybridized carbons (Fsp3) is 1.00. The Morgan fingerprint density at radius 1 is 1.22 bits per heavy atom. The zero-order valence-electron chi connectivity index (χ0n) is 6.72. The van der Waals surface area contributed by atoms with Crippen molar-refractivity contribution >= 4 is 0 Å². The zero-order chi connectivity index (χ0) is 6.85. The molecule has 0 aromatic carbocycles. The van der Waals surface area contributed by atoms with E-state index < -0.39 is 0 Å². The number of rotatable bonds is 1. The Kier molecular flexibility index (Phi) is 2.12. The molecule has 54 valence electrons. The molecule has 1 aliphatic carbocycles. The van der Waals surface area contributed by atoms with Crippen LogP contribution in [-0.4, -0.2) is 25.0 Å². The summed E-state index contributed by atoms with van der Waals surface area (Å²) < 4.78 is 0. The van der Waals surface area contributed by atoms with Crippen LogP contribution in [0.5, 0.6) is 0 Å². The minimum Gasteiger partial charge on any atom is -0.306 e. The summed E-state index contributed by atoms with van der Waals surface area (Å²) in [6.07, 6.45) is 4.28. The monoisotopic (exact) mass is 127 g/mol. The van der Waals surface area contributed by atoms with Crippen molar-refractivity contribution in [1.82, 2.24) is 4.90 Å². The van der Waals surface area contributed by atoms with Crippen LogP contribution < -0.4 is 0 Å². The van der Waals surface area contributed by atoms with Crippen LogP contribution in [0, 0.1) is 5.92 Å². The Hall–Kier alpha value is -0.0400. The molecule has 1 nitrogen and oxygen atoms in total. The van der Waals surface area contributed by atoms with E-state index in [4.69, 9.17) is 0 Å². The van der Waals surface area contributed by atoms with E-state index in [1.807, 2.05) is 0 Å². The molecule has 0 heterocycles. The molecule has 0 aromatic rings. The SMILES string of the molecule is C[C@@H]1CCCC1N(C)C. The Morgan fingerprint density at radius 3 is 2.11 bits per heavy atom. The van der Waals surface area contributed by atoms with Crippen molar-refractivity contribution in [2.75, 3.05) is 14.1 Å². The van der Waals surface area contributed by atoms with Crippen molar-refractivity contribution in [3.63, 3.8) is 0 Å². The molecule has 1 aliphatic rings. The first kappa shape index (κ1) is 7.07. The summed E-state index contributed by atoms with van der Waals surface area (Å²) in [7, 11) is 4.37. The van der Waals surface area contributed by atoms with E-state index in [0.717, 1.165) is 12.0 Å². The lowest BCUT2D eigenvalue weighted by Crippen LogP contribution is -2.29. The van der Waals surface area contributed by atoms with E-state index in [2.05, 4.69) is 25.9 Å². The smallest absolute Gasteiger partial charge is 0.0115 e. The van der Waals surface area contributed by atoms with Crippen molar-refractivity contribution < 1.29 is 0 Å². The van der Waals surface area contributed by atoms with Gasteiger partial charge in [-0.3, -0.25) is 0 Å². The molecule has 0 aliphatic heterocycles. The normalized spacial score (nSPS) is 36.0. The predicted molar refractivity (Wildman–Crippen MR) is 40.5 cm³/mol. The average molecular weight is 127 g/mol. The number of nitrogens with zero attached hydrogens (tertiary/aromatic N) is 1. The van der Waals surface area contributed by atoms with Gasteiger partial charge in [-0.15, -0.1) is 0 Å². The topological polar surface area (TPSA) is 3.24 Å². The molecule has 1 unspecified atom stereocenters. The quantitative estimate of drug-likeness (QED) is 0.518. The van der Waals surface area contributed by atoms with E-state index in [9.17, 15) is 0 Å². The van der Waals surface area contributed by atoms with Crippen molar-refractivity contribution in [2.45, 2.75) is 32.2 Å². The molecular formula is C8H17N. The Balaban J connectivity index is 2.40. The molecule has 0 N–H and O–H groups in total. The molecule has 0 spiro atoms. The van der Waals surface area contributed by atoms with Crippen LogP contribution >= 0.6 is 0 Å². The minimum absolute atomic E-state index is 0.866. The maximum Gasteiger partial charge on any atom is 0.0115 e. The molecule has 1 fully saturated rings. The average Bonchev–Trinajstić information content (AvgIpc) is 2.13. The molecule has 1 saturated carbocycles. The van der Waals surface area contributed by atoms with Crippen LogP contribution in [-0.2, 0) is 0 Å². The second-order valence-electron chi connectivity index (χ2n) is 3.44. The van der Waals surface area contributed by atoms with Crippen molar-refractivity contribution in [2.24, 2.45) is 5.92 Å². The van der Waals surface area contributed by atoms with Crippen LogP contribution in [0.25, 0.3) is 0 Å². The van der Waals surface area contributed by atoms with Crippen LogP contribution in [0.3, 0.4) is 0 Å². The van der Waals surface area contributed by atoms with Crippen molar-refractivity contribution in [3.8, 4) is 0 Å². The lowest BCUT2D eigenvalue weighted by atomic mass is 10.1. The third kappa shape index (κ3) is 1.45. The van der Waals surface area contributed by atoms with Gasteiger partial charge >= 0.3 is 0 Å². The lowest BCUT2D eigenvalue weighted by Gasteiger charge is -2.22. The maximum atomic E-state index is 2.36. The van der Waals surface area contributed by atoms with E-state index >= 15 is 0 Å². The van der Waals surface area contributed by atoms with Gasteiger partial charge in [0.15, 0.2) is 0 Å². The fourth-order valence-electron chi connectivity index (χ4n) is 1.89. The summed E-state index contributed by atoms with van der Waals surface area (Å²) in [5, 5.41) is 0. The predicted octanol–water partition coefficient (Wildman–Crippen LogP) is 1.74. The fourth-order valence-corrected chi connectivity index (χ4v) is 1.89. The third-order valence-electron chi connectivity index (χ3n) is 2.48. The largest absolute Gasteiger partial charge is 0.306 e. The standard InChI is InChI=1S/C8H17N/c1-7-5-4-6-8(7)9(2)3/h7-8H,4-6H2,1-3H3/t7-,8?/m1/s1. The first-order valence-electron chi connectivity index (χ1n) is 3.88. The summed E-state index contributed by atoms with van der Waals surface area (Å²) in [6.45, 7) is 2.36. The first-order valence-corrected chi connectivity index (χ1v) is 3.88. The van der Waals surface area contributed by atoms with E-state index in [-0.39, 0.29) is 0 Å². The molecule has 0 bridgehead atoms. The highest BCUT2D eigenvalue weighted by molar-refractivity contribution is 4.79. The highest BCUT2D eigenvalue weighted by Gasteiger charge is 2.24. The summed E-state index contributed by atoms with van der Waals surface area (Å²) >= 11 is 0. The van der Waals surface area contributed by atoms with Crippen LogP contribution in [0.4, 0.5) is 0 Å². The molecule has 9 heavy (non-hydrogen) atoms. The van der Waals surface area contributed by atoms with Gasteiger partial charge in [-0.2, -0.15) is 0 Å². The van der Waals surface area contributed by atoms with Gasteiger partial charge in [-0.05, 0) is 32.9 Å². The second kappa shape index (κ2) is 2.70. The van der Waals surface area contributed by atoms with E-state index in [1.165, 1.54) is 19.3 Å². The third-order valence-corrected chi connectivity index (χ3v) is 2.48. The van der Waals surface area contributed by atoms with Gasteiger partial charge < -0.3 is 4.90 Å². The zero-order valence-corrected chi connectivity index (χ0v) is 6.72. The lowest BCUT2D eigenvalue weighted by molar-refractivity contribution is 0.249. The molecule has 0 radical (unpaired) electrons. The van der Waals surface area contributed by atoms with Crippen LogP contribution in [0.2, 0.25) is 0 Å². The van der Waals surface area contributed by atoms with Gasteiger partial charge in [0.2, 0.25) is 0 Å². The molecule has 1 heteroatoms. The first-order chi connectivity index (χ1) is 4.22. The van der Waals surface area contributed by atoms with Gasteiger partial charge in [0.05, 0.1) is 0 Å². The van der Waals surface area contributed by atoms with E-state index in [1.54, 1.807) is 0 Å². The Bertz CT molecular complexity index is 88.6. The highest BCUT2D eigenvalue weighted by Crippen LogP contribution is 2.27. The van der Waals surface area contributed by atoms with Crippen LogP contribution in [0.15, 0.2) is 0 Å². The molecule has 1 rings (SSSR count). The Morgan fingerprint density at radius 2 is 1.89 bits per heavy atom. The molecule has 0 saturated heterocycles. The van der Waals surface area contributed by atoms with Gasteiger partial charge in [0.25, 0.3) is 0 Å². The summed E-state index contributed by atoms with van der Waals surface area (Å²) in [6, 6.07) is 0.866. The van der Waals surface area contributed by atoms with Crippen molar-refractivity contribution in [3.05, 3.63) is 0 Å². The molecule has 0 amide bonds. The highest BCUT2D eigenvalue weighted by atomic mass is 15.1. The summed E-state index contributed by atoms with van der Waals surface area (Å²) in [5.74, 6) is 0.931. The second-order valence-corrected chi connectivity index (χ2v) is 3.44. The number of hydrogen-bond acceptors (Lipinski definition) is 1. The van der Waals surface area contributed by atoms with Crippen LogP contribution in [0.1, 0.15) is 26.2 Å². The summed E-state index contributed by atoms with van der Waals surface area (Å²) in [5.41, 5.74) is 0. The minimum atomic E-state index is 0.866. The van der Waals surface area contributed by atoms with E-state index in [0.29, 0.717) is 0 Å². The molecular weight excluding hydrogens is 110 g/mol. The maximum absolute atomic E-state index is 2.36. The van der Waals surface area contributed by atoms with Crippen molar-refractivity contribution in [1.29, 1.82) is 0 Å². The van der Waals surface area contributed by atoms with Gasteiger partial charge in [-0.25, -0.2) is 0 Å². The number of hydrogen-bond donors (Lipinski definition) is 0. The summed E-state index contributed by atoms with van der Waals surface area (Å²) in [4.78, 5) is 2.36. The molecule has 2 atom stereocenters. The van der Waals surface area contributed by atoms with Gasteiger partial charge in [0.1, 0.15) is 0 Å². The molecule has 0 aromatic heterocycles. The Labute approximate surface area is 58.0 Å². The van der Waals surface area contributed by atoms with Gasteiger partial charge in [0, 0.05) is 6.04 Å². The van der Waals surface area contributed by atoms with Gasteiger partial charge in [-0.1, -0.05) is 13.3 Å².